The highest BCUT2D eigenvalue weighted by Gasteiger charge is 2.19. The van der Waals surface area contributed by atoms with Crippen LogP contribution in [0.3, 0.4) is 0 Å². The third-order valence-corrected chi connectivity index (χ3v) is 5.50. The van der Waals surface area contributed by atoms with Gasteiger partial charge in [0.1, 0.15) is 11.6 Å². The van der Waals surface area contributed by atoms with Crippen LogP contribution in [-0.2, 0) is 16.6 Å². The molecule has 0 aliphatic carbocycles. The summed E-state index contributed by atoms with van der Waals surface area (Å²) in [6.07, 6.45) is 0.0831. The van der Waals surface area contributed by atoms with Crippen LogP contribution in [0.4, 0.5) is 8.78 Å². The van der Waals surface area contributed by atoms with Gasteiger partial charge >= 0.3 is 0 Å². The number of hydrogen-bond donors (Lipinski definition) is 1. The molecule has 1 atom stereocenters. The maximum Gasteiger partial charge on any atom is 0.211 e. The number of halogens is 2. The van der Waals surface area contributed by atoms with Crippen LogP contribution in [0.15, 0.2) is 36.4 Å². The van der Waals surface area contributed by atoms with E-state index in [2.05, 4.69) is 0 Å². The molecule has 0 saturated carbocycles. The molecule has 0 saturated heterocycles. The van der Waals surface area contributed by atoms with Crippen molar-refractivity contribution < 1.29 is 22.3 Å². The zero-order valence-electron chi connectivity index (χ0n) is 13.8. The number of aliphatic hydroxyl groups is 1. The average molecular weight is 368 g/mol. The van der Waals surface area contributed by atoms with Crippen molar-refractivity contribution in [1.29, 1.82) is 0 Å². The SMILES string of the molecule is CN(CC(O)Cn1c2ccc(F)cc2c2cc(F)ccc21)S(C)(=O)=O. The Labute approximate surface area is 144 Å². The molecular weight excluding hydrogens is 350 g/mol. The van der Waals surface area contributed by atoms with Crippen LogP contribution >= 0.6 is 0 Å². The van der Waals surface area contributed by atoms with E-state index in [9.17, 15) is 22.3 Å². The zero-order valence-corrected chi connectivity index (χ0v) is 14.6. The van der Waals surface area contributed by atoms with Crippen LogP contribution in [0.25, 0.3) is 21.8 Å². The number of aliphatic hydroxyl groups excluding tert-OH is 1. The fourth-order valence-corrected chi connectivity index (χ4v) is 3.39. The first-order chi connectivity index (χ1) is 11.7. The van der Waals surface area contributed by atoms with E-state index in [0.29, 0.717) is 21.8 Å². The lowest BCUT2D eigenvalue weighted by Gasteiger charge is -2.19. The van der Waals surface area contributed by atoms with Gasteiger partial charge in [0, 0.05) is 35.4 Å². The monoisotopic (exact) mass is 368 g/mol. The summed E-state index contributed by atoms with van der Waals surface area (Å²) in [6.45, 7) is 0.0134. The van der Waals surface area contributed by atoms with E-state index in [0.717, 1.165) is 10.6 Å². The quantitative estimate of drug-likeness (QED) is 0.752. The first kappa shape index (κ1) is 17.8. The lowest BCUT2D eigenvalue weighted by atomic mass is 10.1. The Balaban J connectivity index is 2.05. The lowest BCUT2D eigenvalue weighted by Crippen LogP contribution is -2.35. The molecule has 0 radical (unpaired) electrons. The van der Waals surface area contributed by atoms with E-state index >= 15 is 0 Å². The number of nitrogens with zero attached hydrogens (tertiary/aromatic N) is 2. The zero-order chi connectivity index (χ0) is 18.4. The van der Waals surface area contributed by atoms with Crippen molar-refractivity contribution in [3.05, 3.63) is 48.0 Å². The van der Waals surface area contributed by atoms with Gasteiger partial charge in [-0.15, -0.1) is 0 Å². The normalized spacial score (nSPS) is 13.8. The van der Waals surface area contributed by atoms with Gasteiger partial charge in [-0.3, -0.25) is 0 Å². The molecule has 0 aliphatic heterocycles. The first-order valence-electron chi connectivity index (χ1n) is 7.63. The minimum atomic E-state index is -3.41. The Kier molecular flexibility index (Phi) is 4.52. The van der Waals surface area contributed by atoms with Crippen LogP contribution in [0.1, 0.15) is 0 Å². The minimum Gasteiger partial charge on any atom is -0.390 e. The summed E-state index contributed by atoms with van der Waals surface area (Å²) in [5, 5.41) is 11.4. The molecular formula is C17H18F2N2O3S. The van der Waals surface area contributed by atoms with Crippen molar-refractivity contribution in [1.82, 2.24) is 8.87 Å². The maximum absolute atomic E-state index is 13.6. The minimum absolute atomic E-state index is 0.0810. The second kappa shape index (κ2) is 6.36. The third kappa shape index (κ3) is 3.51. The number of sulfonamides is 1. The van der Waals surface area contributed by atoms with Gasteiger partial charge in [0.2, 0.25) is 10.0 Å². The van der Waals surface area contributed by atoms with Crippen molar-refractivity contribution >= 4 is 31.8 Å². The molecule has 1 aromatic heterocycles. The highest BCUT2D eigenvalue weighted by atomic mass is 32.2. The Bertz CT molecular complexity index is 988. The highest BCUT2D eigenvalue weighted by Crippen LogP contribution is 2.30. The molecule has 0 amide bonds. The van der Waals surface area contributed by atoms with E-state index in [1.807, 2.05) is 0 Å². The average Bonchev–Trinajstić information content (AvgIpc) is 2.79. The Hall–Kier alpha value is -2.03. The Morgan fingerprint density at radius 2 is 1.56 bits per heavy atom. The van der Waals surface area contributed by atoms with Crippen molar-refractivity contribution in [3.8, 4) is 0 Å². The second-order valence-electron chi connectivity index (χ2n) is 6.13. The van der Waals surface area contributed by atoms with Gasteiger partial charge in [-0.2, -0.15) is 0 Å². The molecule has 25 heavy (non-hydrogen) atoms. The van der Waals surface area contributed by atoms with E-state index in [4.69, 9.17) is 0 Å². The van der Waals surface area contributed by atoms with E-state index < -0.39 is 27.8 Å². The molecule has 0 spiro atoms. The molecule has 134 valence electrons. The number of rotatable bonds is 5. The van der Waals surface area contributed by atoms with Gasteiger partial charge < -0.3 is 9.67 Å². The van der Waals surface area contributed by atoms with Gasteiger partial charge in [-0.25, -0.2) is 21.5 Å². The van der Waals surface area contributed by atoms with E-state index in [-0.39, 0.29) is 13.1 Å². The second-order valence-corrected chi connectivity index (χ2v) is 8.22. The van der Waals surface area contributed by atoms with Gasteiger partial charge in [-0.1, -0.05) is 0 Å². The number of aromatic nitrogens is 1. The topological polar surface area (TPSA) is 62.5 Å². The molecule has 1 unspecified atom stereocenters. The summed E-state index contributed by atoms with van der Waals surface area (Å²) in [6, 6.07) is 8.36. The lowest BCUT2D eigenvalue weighted by molar-refractivity contribution is 0.137. The Morgan fingerprint density at radius 3 is 2.00 bits per heavy atom. The predicted molar refractivity (Wildman–Crippen MR) is 92.8 cm³/mol. The molecule has 5 nitrogen and oxygen atoms in total. The summed E-state index contributed by atoms with van der Waals surface area (Å²) < 4.78 is 53.0. The third-order valence-electron chi connectivity index (χ3n) is 4.22. The van der Waals surface area contributed by atoms with Crippen molar-refractivity contribution in [2.24, 2.45) is 0 Å². The van der Waals surface area contributed by atoms with Crippen LogP contribution in [-0.4, -0.2) is 48.3 Å². The molecule has 0 aliphatic rings. The summed E-state index contributed by atoms with van der Waals surface area (Å²) in [7, 11) is -2.02. The van der Waals surface area contributed by atoms with Gasteiger partial charge in [-0.05, 0) is 36.4 Å². The number of benzene rings is 2. The van der Waals surface area contributed by atoms with E-state index in [1.54, 1.807) is 16.7 Å². The maximum atomic E-state index is 13.6. The smallest absolute Gasteiger partial charge is 0.211 e. The summed E-state index contributed by atoms with van der Waals surface area (Å²) in [5.41, 5.74) is 1.28. The van der Waals surface area contributed by atoms with Crippen LogP contribution in [0.2, 0.25) is 0 Å². The standard InChI is InChI=1S/C17H18F2N2O3S/c1-20(25(2,23)24)9-13(22)10-21-16-5-3-11(18)7-14(16)15-8-12(19)4-6-17(15)21/h3-8,13,22H,9-10H2,1-2H3. The van der Waals surface area contributed by atoms with Crippen LogP contribution < -0.4 is 0 Å². The van der Waals surface area contributed by atoms with Crippen molar-refractivity contribution in [3.63, 3.8) is 0 Å². The summed E-state index contributed by atoms with van der Waals surface area (Å²) in [4.78, 5) is 0. The van der Waals surface area contributed by atoms with E-state index in [1.165, 1.54) is 31.3 Å². The van der Waals surface area contributed by atoms with Crippen LogP contribution in [0, 0.1) is 11.6 Å². The largest absolute Gasteiger partial charge is 0.390 e. The molecule has 8 heteroatoms. The van der Waals surface area contributed by atoms with Crippen molar-refractivity contribution in [2.75, 3.05) is 19.8 Å². The number of likely N-dealkylation sites (N-methyl/N-ethyl adjacent to an activating group) is 1. The first-order valence-corrected chi connectivity index (χ1v) is 9.48. The van der Waals surface area contributed by atoms with Crippen LogP contribution in [0.5, 0.6) is 0 Å². The molecule has 3 rings (SSSR count). The van der Waals surface area contributed by atoms with Gasteiger partial charge in [0.25, 0.3) is 0 Å². The molecule has 2 aromatic carbocycles. The van der Waals surface area contributed by atoms with Gasteiger partial charge in [0.15, 0.2) is 0 Å². The number of hydrogen-bond acceptors (Lipinski definition) is 3. The molecule has 1 heterocycles. The fraction of sp³-hybridized carbons (Fsp3) is 0.294. The highest BCUT2D eigenvalue weighted by molar-refractivity contribution is 7.88. The summed E-state index contributed by atoms with van der Waals surface area (Å²) >= 11 is 0. The molecule has 3 aromatic rings. The molecule has 0 bridgehead atoms. The predicted octanol–water partition coefficient (Wildman–Crippen LogP) is 2.33. The Morgan fingerprint density at radius 1 is 1.08 bits per heavy atom. The van der Waals surface area contributed by atoms with Crippen molar-refractivity contribution in [2.45, 2.75) is 12.6 Å². The number of fused-ring (bicyclic) bond motifs is 3. The van der Waals surface area contributed by atoms with Gasteiger partial charge in [0.05, 0.1) is 18.9 Å². The fourth-order valence-electron chi connectivity index (χ4n) is 2.95. The molecule has 0 fully saturated rings. The summed E-state index contributed by atoms with van der Waals surface area (Å²) in [5.74, 6) is -0.874. The molecule has 1 N–H and O–H groups in total.